The lowest BCUT2D eigenvalue weighted by Gasteiger charge is -2.12. The van der Waals surface area contributed by atoms with Gasteiger partial charge in [0, 0.05) is 23.5 Å². The van der Waals surface area contributed by atoms with Crippen LogP contribution in [0.1, 0.15) is 16.8 Å². The molecule has 2 aromatic heterocycles. The molecule has 106 valence electrons. The molecule has 1 N–H and O–H groups in total. The van der Waals surface area contributed by atoms with Crippen molar-refractivity contribution in [3.05, 3.63) is 54.5 Å². The van der Waals surface area contributed by atoms with Gasteiger partial charge < -0.3 is 9.72 Å². The van der Waals surface area contributed by atoms with Crippen molar-refractivity contribution in [3.63, 3.8) is 0 Å². The average Bonchev–Trinajstić information content (AvgIpc) is 2.42. The third-order valence-electron chi connectivity index (χ3n) is 3.07. The minimum atomic E-state index is -0.473. The van der Waals surface area contributed by atoms with Gasteiger partial charge in [-0.3, -0.25) is 14.3 Å². The zero-order valence-electron chi connectivity index (χ0n) is 11.4. The molecule has 0 saturated carbocycles. The summed E-state index contributed by atoms with van der Waals surface area (Å²) in [4.78, 5) is 30.5. The van der Waals surface area contributed by atoms with E-state index in [4.69, 9.17) is 4.74 Å². The van der Waals surface area contributed by atoms with Gasteiger partial charge in [-0.25, -0.2) is 4.79 Å². The van der Waals surface area contributed by atoms with Crippen LogP contribution in [0.5, 0.6) is 5.75 Å². The van der Waals surface area contributed by atoms with E-state index in [9.17, 15) is 9.59 Å². The van der Waals surface area contributed by atoms with E-state index in [-0.39, 0.29) is 6.54 Å². The van der Waals surface area contributed by atoms with Gasteiger partial charge in [-0.05, 0) is 29.8 Å². The van der Waals surface area contributed by atoms with Gasteiger partial charge in [-0.1, -0.05) is 0 Å². The van der Waals surface area contributed by atoms with Gasteiger partial charge in [0.2, 0.25) is 0 Å². The molecule has 0 amide bonds. The average molecular weight is 340 g/mol. The Kier molecular flexibility index (Phi) is 4.08. The molecule has 0 aromatic carbocycles. The summed E-state index contributed by atoms with van der Waals surface area (Å²) in [7, 11) is 1.58. The summed E-state index contributed by atoms with van der Waals surface area (Å²) in [5.41, 5.74) is 1.48. The number of aryl methyl sites for hydroxylation is 1. The van der Waals surface area contributed by atoms with Crippen LogP contribution >= 0.6 is 15.9 Å². The Morgan fingerprint density at radius 2 is 2.10 bits per heavy atom. The predicted molar refractivity (Wildman–Crippen MR) is 78.4 cm³/mol. The summed E-state index contributed by atoms with van der Waals surface area (Å²) >= 11 is 3.10. The van der Waals surface area contributed by atoms with E-state index in [0.717, 1.165) is 21.4 Å². The van der Waals surface area contributed by atoms with Gasteiger partial charge in [0.15, 0.2) is 0 Å². The minimum absolute atomic E-state index is 0.0933. The third-order valence-corrected chi connectivity index (χ3v) is 3.64. The molecule has 0 radical (unpaired) electrons. The second kappa shape index (κ2) is 5.62. The molecule has 2 aromatic rings. The summed E-state index contributed by atoms with van der Waals surface area (Å²) in [5.74, 6) is 0.717. The quantitative estimate of drug-likeness (QED) is 0.916. The second-order valence-electron chi connectivity index (χ2n) is 4.38. The van der Waals surface area contributed by atoms with E-state index in [1.165, 1.54) is 6.20 Å². The van der Waals surface area contributed by atoms with Crippen molar-refractivity contribution in [2.45, 2.75) is 20.4 Å². The summed E-state index contributed by atoms with van der Waals surface area (Å²) in [6.45, 7) is 3.84. The van der Waals surface area contributed by atoms with Crippen LogP contribution in [0.4, 0.5) is 0 Å². The first kappa shape index (κ1) is 14.5. The lowest BCUT2D eigenvalue weighted by atomic mass is 10.1. The van der Waals surface area contributed by atoms with Crippen LogP contribution in [-0.2, 0) is 6.54 Å². The van der Waals surface area contributed by atoms with Crippen molar-refractivity contribution >= 4 is 15.9 Å². The van der Waals surface area contributed by atoms with Crippen LogP contribution in [0.25, 0.3) is 0 Å². The number of aromatic amines is 1. The molecule has 2 heterocycles. The molecule has 6 nitrogen and oxygen atoms in total. The number of aromatic nitrogens is 3. The first-order chi connectivity index (χ1) is 9.45. The van der Waals surface area contributed by atoms with Gasteiger partial charge >= 0.3 is 5.69 Å². The molecular formula is C13H14BrN3O3. The fraction of sp³-hybridized carbons (Fsp3) is 0.308. The fourth-order valence-corrected chi connectivity index (χ4v) is 2.34. The lowest BCUT2D eigenvalue weighted by Crippen LogP contribution is -2.35. The molecule has 0 fully saturated rings. The summed E-state index contributed by atoms with van der Waals surface area (Å²) in [6, 6.07) is 0. The monoisotopic (exact) mass is 339 g/mol. The van der Waals surface area contributed by atoms with Crippen molar-refractivity contribution in [2.24, 2.45) is 0 Å². The Bertz CT molecular complexity index is 764. The van der Waals surface area contributed by atoms with Crippen LogP contribution < -0.4 is 16.0 Å². The number of rotatable bonds is 3. The summed E-state index contributed by atoms with van der Waals surface area (Å²) in [5, 5.41) is 0. The maximum absolute atomic E-state index is 12.0. The van der Waals surface area contributed by atoms with Gasteiger partial charge in [0.1, 0.15) is 5.75 Å². The van der Waals surface area contributed by atoms with Gasteiger partial charge in [0.25, 0.3) is 5.56 Å². The number of hydrogen-bond acceptors (Lipinski definition) is 4. The van der Waals surface area contributed by atoms with Crippen LogP contribution in [0.2, 0.25) is 0 Å². The molecule has 0 spiro atoms. The zero-order chi connectivity index (χ0) is 14.9. The Labute approximate surface area is 123 Å². The number of hydrogen-bond donors (Lipinski definition) is 1. The SMILES string of the molecule is COc1c(C)cnc(Cn2c(=O)[nH]cc(Br)c2=O)c1C. The number of pyridine rings is 1. The molecule has 0 aliphatic rings. The molecule has 0 unspecified atom stereocenters. The molecule has 0 saturated heterocycles. The zero-order valence-corrected chi connectivity index (χ0v) is 12.9. The van der Waals surface area contributed by atoms with Gasteiger partial charge in [-0.2, -0.15) is 0 Å². The van der Waals surface area contributed by atoms with Crippen LogP contribution in [-0.4, -0.2) is 21.6 Å². The van der Waals surface area contributed by atoms with E-state index in [2.05, 4.69) is 25.9 Å². The molecule has 20 heavy (non-hydrogen) atoms. The maximum atomic E-state index is 12.0. The van der Waals surface area contributed by atoms with Crippen molar-refractivity contribution in [3.8, 4) is 5.75 Å². The molecule has 0 atom stereocenters. The highest BCUT2D eigenvalue weighted by Gasteiger charge is 2.12. The molecule has 0 aliphatic heterocycles. The normalized spacial score (nSPS) is 10.6. The van der Waals surface area contributed by atoms with E-state index in [1.54, 1.807) is 13.3 Å². The molecule has 0 bridgehead atoms. The van der Waals surface area contributed by atoms with Crippen LogP contribution in [0, 0.1) is 13.8 Å². The maximum Gasteiger partial charge on any atom is 0.328 e. The van der Waals surface area contributed by atoms with Crippen LogP contribution in [0.3, 0.4) is 0 Å². The van der Waals surface area contributed by atoms with Gasteiger partial charge in [-0.15, -0.1) is 0 Å². The largest absolute Gasteiger partial charge is 0.496 e. The van der Waals surface area contributed by atoms with Crippen molar-refractivity contribution in [1.82, 2.24) is 14.5 Å². The Morgan fingerprint density at radius 3 is 2.75 bits per heavy atom. The Hall–Kier alpha value is -1.89. The highest BCUT2D eigenvalue weighted by Crippen LogP contribution is 2.24. The second-order valence-corrected chi connectivity index (χ2v) is 5.23. The van der Waals surface area contributed by atoms with E-state index in [0.29, 0.717) is 10.2 Å². The van der Waals surface area contributed by atoms with Crippen molar-refractivity contribution < 1.29 is 4.74 Å². The van der Waals surface area contributed by atoms with Crippen molar-refractivity contribution in [1.29, 1.82) is 0 Å². The number of ether oxygens (including phenoxy) is 1. The number of halogens is 1. The number of methoxy groups -OCH3 is 1. The predicted octanol–water partition coefficient (Wildman–Crippen LogP) is 1.37. The van der Waals surface area contributed by atoms with Gasteiger partial charge in [0.05, 0.1) is 23.8 Å². The third kappa shape index (κ3) is 2.53. The standard InChI is InChI=1S/C13H14BrN3O3/c1-7-4-15-10(8(2)11(7)20-3)6-17-12(18)9(14)5-16-13(17)19/h4-5H,6H2,1-3H3,(H,16,19). The molecule has 2 rings (SSSR count). The van der Waals surface area contributed by atoms with Crippen molar-refractivity contribution in [2.75, 3.05) is 7.11 Å². The first-order valence-corrected chi connectivity index (χ1v) is 6.72. The van der Waals surface area contributed by atoms with Crippen LogP contribution in [0.15, 0.2) is 26.5 Å². The minimum Gasteiger partial charge on any atom is -0.496 e. The smallest absolute Gasteiger partial charge is 0.328 e. The molecular weight excluding hydrogens is 326 g/mol. The number of nitrogens with one attached hydrogen (secondary N) is 1. The first-order valence-electron chi connectivity index (χ1n) is 5.92. The van der Waals surface area contributed by atoms with E-state index >= 15 is 0 Å². The molecule has 0 aliphatic carbocycles. The molecule has 7 heteroatoms. The Morgan fingerprint density at radius 1 is 1.40 bits per heavy atom. The van der Waals surface area contributed by atoms with E-state index in [1.807, 2.05) is 13.8 Å². The topological polar surface area (TPSA) is 77.0 Å². The number of nitrogens with zero attached hydrogens (tertiary/aromatic N) is 2. The Balaban J connectivity index is 2.54. The van der Waals surface area contributed by atoms with E-state index < -0.39 is 11.2 Å². The summed E-state index contributed by atoms with van der Waals surface area (Å²) in [6.07, 6.45) is 3.00. The lowest BCUT2D eigenvalue weighted by molar-refractivity contribution is 0.406. The summed E-state index contributed by atoms with van der Waals surface area (Å²) < 4.78 is 6.71. The highest BCUT2D eigenvalue weighted by molar-refractivity contribution is 9.10. The number of H-pyrrole nitrogens is 1. The fourth-order valence-electron chi connectivity index (χ4n) is 2.01. The highest BCUT2D eigenvalue weighted by atomic mass is 79.9.